The molecule has 0 atom stereocenters. The molecule has 1 N–H and O–H groups in total. The zero-order valence-electron chi connectivity index (χ0n) is 13.9. The second kappa shape index (κ2) is 7.35. The number of rotatable bonds is 5. The molecule has 0 saturated carbocycles. The summed E-state index contributed by atoms with van der Waals surface area (Å²) < 4.78 is 31.6. The van der Waals surface area contributed by atoms with Gasteiger partial charge in [-0.15, -0.1) is 0 Å². The highest BCUT2D eigenvalue weighted by Gasteiger charge is 2.12. The summed E-state index contributed by atoms with van der Waals surface area (Å²) in [4.78, 5) is 4.33. The van der Waals surface area contributed by atoms with Crippen LogP contribution in [0, 0.1) is 11.3 Å². The fraction of sp³-hybridized carbons (Fsp3) is 0.0526. The fourth-order valence-corrected chi connectivity index (χ4v) is 3.06. The summed E-state index contributed by atoms with van der Waals surface area (Å²) in [6, 6.07) is 17.3. The van der Waals surface area contributed by atoms with Crippen LogP contribution < -0.4 is 4.72 Å². The van der Waals surface area contributed by atoms with Crippen LogP contribution in [0.5, 0.6) is 0 Å². The van der Waals surface area contributed by atoms with Crippen LogP contribution in [0.1, 0.15) is 11.5 Å². The normalized spacial score (nSPS) is 11.9. The molecule has 3 rings (SSSR count). The number of benzene rings is 1. The third kappa shape index (κ3) is 3.72. The second-order valence-electron chi connectivity index (χ2n) is 5.32. The molecule has 2 heterocycles. The number of nitrogens with zero attached hydrogens (tertiary/aromatic N) is 2. The summed E-state index contributed by atoms with van der Waals surface area (Å²) in [5.41, 5.74) is 1.69. The Morgan fingerprint density at radius 1 is 1.15 bits per heavy atom. The summed E-state index contributed by atoms with van der Waals surface area (Å²) in [5.74, 6) is 1.08. The average molecular weight is 365 g/mol. The van der Waals surface area contributed by atoms with Crippen LogP contribution in [0.25, 0.3) is 23.0 Å². The van der Waals surface area contributed by atoms with Crippen LogP contribution >= 0.6 is 0 Å². The molecule has 0 bridgehead atoms. The molecule has 0 aliphatic carbocycles. The molecule has 0 unspecified atom stereocenters. The molecular formula is C19H15N3O3S. The number of nitriles is 1. The van der Waals surface area contributed by atoms with Crippen molar-refractivity contribution >= 4 is 21.7 Å². The molecule has 7 heteroatoms. The van der Waals surface area contributed by atoms with Crippen LogP contribution in [0.15, 0.2) is 70.1 Å². The maximum atomic E-state index is 11.8. The van der Waals surface area contributed by atoms with Gasteiger partial charge in [0.25, 0.3) is 0 Å². The Hall–Kier alpha value is -3.21. The molecule has 0 amide bonds. The first-order valence-corrected chi connectivity index (χ1v) is 9.19. The first kappa shape index (κ1) is 17.6. The molecular weight excluding hydrogens is 350 g/mol. The van der Waals surface area contributed by atoms with Crippen molar-refractivity contribution in [1.29, 1.82) is 5.26 Å². The number of pyridine rings is 1. The van der Waals surface area contributed by atoms with Crippen LogP contribution in [0.4, 0.5) is 0 Å². The highest BCUT2D eigenvalue weighted by Crippen LogP contribution is 2.25. The van der Waals surface area contributed by atoms with Gasteiger partial charge in [0.05, 0.1) is 16.2 Å². The maximum Gasteiger partial charge on any atom is 0.240 e. The Balaban J connectivity index is 1.88. The molecule has 3 aromatic rings. The summed E-state index contributed by atoms with van der Waals surface area (Å²) in [6.45, 7) is 0. The van der Waals surface area contributed by atoms with E-state index in [1.165, 1.54) is 19.2 Å². The topological polar surface area (TPSA) is 96.0 Å². The number of hydrogen-bond acceptors (Lipinski definition) is 5. The van der Waals surface area contributed by atoms with E-state index in [1.807, 2.05) is 6.07 Å². The number of furan rings is 1. The van der Waals surface area contributed by atoms with Gasteiger partial charge < -0.3 is 4.42 Å². The Morgan fingerprint density at radius 3 is 2.54 bits per heavy atom. The molecule has 0 aliphatic heterocycles. The van der Waals surface area contributed by atoms with Crippen molar-refractivity contribution in [3.63, 3.8) is 0 Å². The van der Waals surface area contributed by atoms with E-state index in [-0.39, 0.29) is 4.90 Å². The SMILES string of the molecule is CNS(=O)(=O)c1ccc(-c2ccc(/C=C(\C#N)c3ccccn3)o2)cc1. The number of nitrogens with one attached hydrogen (secondary N) is 1. The lowest BCUT2D eigenvalue weighted by atomic mass is 10.1. The number of hydrogen-bond donors (Lipinski definition) is 1. The molecule has 130 valence electrons. The smallest absolute Gasteiger partial charge is 0.240 e. The monoisotopic (exact) mass is 365 g/mol. The van der Waals surface area contributed by atoms with Crippen molar-refractivity contribution in [2.24, 2.45) is 0 Å². The number of allylic oxidation sites excluding steroid dienone is 1. The van der Waals surface area contributed by atoms with E-state index in [1.54, 1.807) is 48.7 Å². The predicted octanol–water partition coefficient (Wildman–Crippen LogP) is 3.31. The first-order valence-electron chi connectivity index (χ1n) is 7.70. The summed E-state index contributed by atoms with van der Waals surface area (Å²) in [7, 11) is -2.11. The van der Waals surface area contributed by atoms with Crippen molar-refractivity contribution in [3.05, 3.63) is 72.2 Å². The van der Waals surface area contributed by atoms with E-state index >= 15 is 0 Å². The molecule has 26 heavy (non-hydrogen) atoms. The molecule has 0 aliphatic rings. The summed E-state index contributed by atoms with van der Waals surface area (Å²) >= 11 is 0. The van der Waals surface area contributed by atoms with Gasteiger partial charge in [-0.2, -0.15) is 5.26 Å². The molecule has 0 fully saturated rings. The van der Waals surface area contributed by atoms with Crippen LogP contribution in [-0.4, -0.2) is 20.4 Å². The lowest BCUT2D eigenvalue weighted by Crippen LogP contribution is -2.18. The van der Waals surface area contributed by atoms with Gasteiger partial charge in [-0.05, 0) is 55.6 Å². The molecule has 1 aromatic carbocycles. The highest BCUT2D eigenvalue weighted by molar-refractivity contribution is 7.89. The van der Waals surface area contributed by atoms with Crippen molar-refractivity contribution in [1.82, 2.24) is 9.71 Å². The molecule has 0 saturated heterocycles. The van der Waals surface area contributed by atoms with Crippen molar-refractivity contribution < 1.29 is 12.8 Å². The molecule has 2 aromatic heterocycles. The van der Waals surface area contributed by atoms with E-state index in [0.717, 1.165) is 5.56 Å². The van der Waals surface area contributed by atoms with E-state index in [4.69, 9.17) is 4.42 Å². The molecule has 6 nitrogen and oxygen atoms in total. The van der Waals surface area contributed by atoms with E-state index in [2.05, 4.69) is 15.8 Å². The van der Waals surface area contributed by atoms with E-state index < -0.39 is 10.0 Å². The fourth-order valence-electron chi connectivity index (χ4n) is 2.33. The second-order valence-corrected chi connectivity index (χ2v) is 7.21. The Kier molecular flexibility index (Phi) is 4.98. The van der Waals surface area contributed by atoms with Gasteiger partial charge in [-0.1, -0.05) is 6.07 Å². The largest absolute Gasteiger partial charge is 0.457 e. The van der Waals surface area contributed by atoms with Crippen molar-refractivity contribution in [2.45, 2.75) is 4.90 Å². The van der Waals surface area contributed by atoms with Gasteiger partial charge in [0.1, 0.15) is 17.6 Å². The van der Waals surface area contributed by atoms with Gasteiger partial charge >= 0.3 is 0 Å². The first-order chi connectivity index (χ1) is 12.5. The minimum atomic E-state index is -3.47. The van der Waals surface area contributed by atoms with Crippen LogP contribution in [0.3, 0.4) is 0 Å². The molecule has 0 spiro atoms. The Bertz CT molecular complexity index is 1080. The minimum Gasteiger partial charge on any atom is -0.457 e. The van der Waals surface area contributed by atoms with E-state index in [9.17, 15) is 13.7 Å². The lowest BCUT2D eigenvalue weighted by molar-refractivity contribution is 0.571. The third-order valence-electron chi connectivity index (χ3n) is 3.69. The summed E-state index contributed by atoms with van der Waals surface area (Å²) in [5, 5.41) is 9.33. The average Bonchev–Trinajstić information content (AvgIpc) is 3.15. The minimum absolute atomic E-state index is 0.178. The number of sulfonamides is 1. The quantitative estimate of drug-likeness (QED) is 0.700. The van der Waals surface area contributed by atoms with Gasteiger partial charge in [-0.25, -0.2) is 13.1 Å². The molecule has 0 radical (unpaired) electrons. The van der Waals surface area contributed by atoms with Gasteiger partial charge in [0.2, 0.25) is 10.0 Å². The Morgan fingerprint density at radius 2 is 1.92 bits per heavy atom. The third-order valence-corrected chi connectivity index (χ3v) is 5.12. The zero-order chi connectivity index (χ0) is 18.6. The van der Waals surface area contributed by atoms with Crippen LogP contribution in [-0.2, 0) is 10.0 Å². The Labute approximate surface area is 151 Å². The van der Waals surface area contributed by atoms with Gasteiger partial charge in [0.15, 0.2) is 0 Å². The lowest BCUT2D eigenvalue weighted by Gasteiger charge is -2.03. The van der Waals surface area contributed by atoms with Crippen molar-refractivity contribution in [2.75, 3.05) is 7.05 Å². The number of aromatic nitrogens is 1. The van der Waals surface area contributed by atoms with Gasteiger partial charge in [0, 0.05) is 17.8 Å². The predicted molar refractivity (Wildman–Crippen MR) is 98.1 cm³/mol. The van der Waals surface area contributed by atoms with Gasteiger partial charge in [-0.3, -0.25) is 4.98 Å². The summed E-state index contributed by atoms with van der Waals surface area (Å²) in [6.07, 6.45) is 3.24. The van der Waals surface area contributed by atoms with Crippen LogP contribution in [0.2, 0.25) is 0 Å². The maximum absolute atomic E-state index is 11.8. The zero-order valence-corrected chi connectivity index (χ0v) is 14.7. The highest BCUT2D eigenvalue weighted by atomic mass is 32.2. The van der Waals surface area contributed by atoms with Crippen molar-refractivity contribution in [3.8, 4) is 17.4 Å². The standard InChI is InChI=1S/C19H15N3O3S/c1-21-26(23,24)17-8-5-14(6-9-17)19-10-7-16(25-19)12-15(13-20)18-4-2-3-11-22-18/h2-12,21H,1H3/b15-12+. The van der Waals surface area contributed by atoms with E-state index in [0.29, 0.717) is 22.8 Å².